The Hall–Kier alpha value is 1.15. The van der Waals surface area contributed by atoms with Gasteiger partial charge in [-0.15, -0.1) is 0 Å². The molecule has 0 aliphatic heterocycles. The molecular formula is HF4NaP. The van der Waals surface area contributed by atoms with Gasteiger partial charge >= 0.3 is 54.9 Å². The van der Waals surface area contributed by atoms with Crippen LogP contribution in [0.25, 0.3) is 0 Å². The Morgan fingerprint density at radius 1 is 0.833 bits per heavy atom. The Bertz CT molecular complexity index is 23.0. The molecule has 0 bridgehead atoms. The molecule has 0 N–H and O–H groups in total. The molecule has 0 nitrogen and oxygen atoms in total. The van der Waals surface area contributed by atoms with Gasteiger partial charge in [0.15, 0.2) is 0 Å². The molecule has 0 fully saturated rings. The molecule has 0 radical (unpaired) electrons. The van der Waals surface area contributed by atoms with Crippen molar-refractivity contribution in [3.63, 3.8) is 0 Å². The van der Waals surface area contributed by atoms with E-state index in [2.05, 4.69) is 0 Å². The Morgan fingerprint density at radius 2 is 0.833 bits per heavy atom. The normalized spacial score (nSPS) is 12.7. The molecule has 0 amide bonds. The van der Waals surface area contributed by atoms with Gasteiger partial charge < -0.3 is 0 Å². The first kappa shape index (κ1) is 10.2. The Labute approximate surface area is 55.0 Å². The molecule has 0 atom stereocenters. The van der Waals surface area contributed by atoms with Gasteiger partial charge in [0.25, 0.3) is 0 Å². The predicted octanol–water partition coefficient (Wildman–Crippen LogP) is -0.722. The topological polar surface area (TPSA) is 0 Å². The van der Waals surface area contributed by atoms with Crippen LogP contribution in [0.1, 0.15) is 0 Å². The van der Waals surface area contributed by atoms with E-state index in [1.165, 1.54) is 0 Å². The van der Waals surface area contributed by atoms with Crippen molar-refractivity contribution in [1.29, 1.82) is 0 Å². The van der Waals surface area contributed by atoms with Gasteiger partial charge in [0.2, 0.25) is 0 Å². The van der Waals surface area contributed by atoms with Crippen LogP contribution in [0, 0.1) is 0 Å². The minimum Gasteiger partial charge on any atom is 1.00 e. The zero-order chi connectivity index (χ0) is 4.50. The summed E-state index contributed by atoms with van der Waals surface area (Å²) >= 11 is 0. The molecule has 0 unspecified atom stereocenters. The van der Waals surface area contributed by atoms with E-state index in [1.807, 2.05) is 0 Å². The van der Waals surface area contributed by atoms with Gasteiger partial charge in [0.1, 0.15) is 0 Å². The molecular weight excluding hydrogens is 130 g/mol. The SMILES string of the molecule is F[PH-](F)(F)F.[Na+]. The molecule has 0 spiro atoms. The second-order valence-electron chi connectivity index (χ2n) is 0.429. The van der Waals surface area contributed by atoms with Crippen LogP contribution in [0.4, 0.5) is 16.8 Å². The molecule has 0 heterocycles. The molecule has 6 heteroatoms. The maximum absolute atomic E-state index is 9.83. The molecule has 0 saturated heterocycles. The van der Waals surface area contributed by atoms with Crippen LogP contribution < -0.4 is 29.6 Å². The zero-order valence-electron chi connectivity index (χ0n) is 3.01. The van der Waals surface area contributed by atoms with Gasteiger partial charge in [0, 0.05) is 0 Å². The van der Waals surface area contributed by atoms with Crippen molar-refractivity contribution in [2.75, 3.05) is 0 Å². The summed E-state index contributed by atoms with van der Waals surface area (Å²) in [5.74, 6) is 0. The molecule has 0 aromatic heterocycles. The van der Waals surface area contributed by atoms with E-state index in [9.17, 15) is 16.8 Å². The number of hydrogen-bond donors (Lipinski definition) is 0. The summed E-state index contributed by atoms with van der Waals surface area (Å²) in [4.78, 5) is 0. The van der Waals surface area contributed by atoms with Crippen LogP contribution in [0.2, 0.25) is 0 Å². The maximum atomic E-state index is 9.83. The summed E-state index contributed by atoms with van der Waals surface area (Å²) in [6, 6.07) is 0. The molecule has 0 aliphatic carbocycles. The summed E-state index contributed by atoms with van der Waals surface area (Å²) in [5.41, 5.74) is 0. The number of hydrogen-bond acceptors (Lipinski definition) is 0. The fraction of sp³-hybridized carbons (Fsp3) is 0. The fourth-order valence-electron chi connectivity index (χ4n) is 0. The van der Waals surface area contributed by atoms with E-state index in [-0.39, 0.29) is 29.6 Å². The van der Waals surface area contributed by atoms with E-state index >= 15 is 0 Å². The van der Waals surface area contributed by atoms with E-state index in [0.717, 1.165) is 0 Å². The van der Waals surface area contributed by atoms with Gasteiger partial charge in [-0.3, -0.25) is 0 Å². The van der Waals surface area contributed by atoms with Crippen molar-refractivity contribution in [1.82, 2.24) is 0 Å². The third-order valence-electron chi connectivity index (χ3n) is 0. The van der Waals surface area contributed by atoms with Crippen LogP contribution in [-0.4, -0.2) is 0 Å². The van der Waals surface area contributed by atoms with Crippen LogP contribution >= 0.6 is 8.51 Å². The smallest absolute Gasteiger partial charge is 1.00 e. The first-order valence-electron chi connectivity index (χ1n) is 0.756. The van der Waals surface area contributed by atoms with Crippen molar-refractivity contribution in [3.8, 4) is 0 Å². The van der Waals surface area contributed by atoms with Crippen molar-refractivity contribution in [3.05, 3.63) is 0 Å². The van der Waals surface area contributed by atoms with Crippen molar-refractivity contribution in [2.24, 2.45) is 0 Å². The fourth-order valence-corrected chi connectivity index (χ4v) is 0. The minimum atomic E-state index is -6.61. The van der Waals surface area contributed by atoms with E-state index < -0.39 is 8.51 Å². The maximum Gasteiger partial charge on any atom is 1.00 e. The van der Waals surface area contributed by atoms with Gasteiger partial charge in [-0.25, -0.2) is 0 Å². The Morgan fingerprint density at radius 3 is 0.833 bits per heavy atom. The summed E-state index contributed by atoms with van der Waals surface area (Å²) in [6.45, 7) is 0. The van der Waals surface area contributed by atoms with E-state index in [4.69, 9.17) is 0 Å². The van der Waals surface area contributed by atoms with Crippen LogP contribution in [0.15, 0.2) is 0 Å². The summed E-state index contributed by atoms with van der Waals surface area (Å²) in [6.07, 6.45) is 0. The second kappa shape index (κ2) is 3.19. The average Bonchev–Trinajstić information content (AvgIpc) is 0.722. The molecule has 0 aromatic carbocycles. The van der Waals surface area contributed by atoms with Crippen LogP contribution in [0.3, 0.4) is 0 Å². The predicted molar refractivity (Wildman–Crippen MR) is 12.7 cm³/mol. The van der Waals surface area contributed by atoms with E-state index in [1.54, 1.807) is 0 Å². The summed E-state index contributed by atoms with van der Waals surface area (Å²) in [5, 5.41) is 0. The average molecular weight is 131 g/mol. The molecule has 6 heavy (non-hydrogen) atoms. The monoisotopic (exact) mass is 131 g/mol. The van der Waals surface area contributed by atoms with E-state index in [0.29, 0.717) is 0 Å². The van der Waals surface area contributed by atoms with Crippen molar-refractivity contribution in [2.45, 2.75) is 0 Å². The van der Waals surface area contributed by atoms with Crippen molar-refractivity contribution < 1.29 is 46.3 Å². The number of halogens is 4. The molecule has 0 rings (SSSR count). The summed E-state index contributed by atoms with van der Waals surface area (Å²) in [7, 11) is -6.61. The molecule has 0 saturated carbocycles. The molecule has 35 valence electrons. The van der Waals surface area contributed by atoms with Gasteiger partial charge in [-0.2, -0.15) is 0 Å². The second-order valence-corrected chi connectivity index (χ2v) is 1.29. The summed E-state index contributed by atoms with van der Waals surface area (Å²) < 4.78 is 39.3. The third-order valence-corrected chi connectivity index (χ3v) is 0. The Kier molecular flexibility index (Phi) is 5.42. The van der Waals surface area contributed by atoms with Crippen molar-refractivity contribution >= 4 is 8.51 Å². The first-order valence-corrected chi connectivity index (χ1v) is 2.27. The molecule has 0 aliphatic rings. The quantitative estimate of drug-likeness (QED) is 0.231. The first-order chi connectivity index (χ1) is 2.00. The largest absolute Gasteiger partial charge is 1.00 e. The molecule has 0 aromatic rings. The van der Waals surface area contributed by atoms with Gasteiger partial charge in [0.05, 0.1) is 0 Å². The van der Waals surface area contributed by atoms with Crippen LogP contribution in [0.5, 0.6) is 0 Å². The van der Waals surface area contributed by atoms with Gasteiger partial charge in [-0.1, -0.05) is 0 Å². The number of rotatable bonds is 0. The third kappa shape index (κ3) is 67.1. The Balaban J connectivity index is 0. The van der Waals surface area contributed by atoms with Crippen LogP contribution in [-0.2, 0) is 0 Å². The standard InChI is InChI=1S/F4HP.Na/c1-5(2,3)4;/h5H;/q-1;+1. The minimum absolute atomic E-state index is 0. The van der Waals surface area contributed by atoms with Gasteiger partial charge in [-0.05, 0) is 0 Å². The zero-order valence-corrected chi connectivity index (χ0v) is 6.01.